The molecule has 0 aliphatic heterocycles. The van der Waals surface area contributed by atoms with Crippen LogP contribution in [0.2, 0.25) is 0 Å². The number of carbonyl (C=O) groups is 2. The fourth-order valence-electron chi connectivity index (χ4n) is 3.82. The van der Waals surface area contributed by atoms with Crippen molar-refractivity contribution in [3.05, 3.63) is 119 Å². The van der Waals surface area contributed by atoms with Crippen molar-refractivity contribution in [1.82, 2.24) is 0 Å². The van der Waals surface area contributed by atoms with Crippen LogP contribution in [0.4, 0.5) is 17.1 Å². The second-order valence-electron chi connectivity index (χ2n) is 10.3. The topological polar surface area (TPSA) is 104 Å². The second kappa shape index (κ2) is 11.1. The molecule has 0 aliphatic carbocycles. The van der Waals surface area contributed by atoms with Crippen molar-refractivity contribution in [2.45, 2.75) is 38.0 Å². The average molecular weight is 542 g/mol. The molecule has 3 N–H and O–H groups in total. The Hall–Kier alpha value is -4.43. The number of benzene rings is 4. The van der Waals surface area contributed by atoms with Gasteiger partial charge in [-0.3, -0.25) is 14.3 Å². The van der Waals surface area contributed by atoms with E-state index in [1.165, 1.54) is 24.3 Å². The highest BCUT2D eigenvalue weighted by atomic mass is 32.2. The highest BCUT2D eigenvalue weighted by Gasteiger charge is 2.16. The van der Waals surface area contributed by atoms with Gasteiger partial charge in [0.25, 0.3) is 21.8 Å². The molecule has 0 heterocycles. The van der Waals surface area contributed by atoms with E-state index in [1.807, 2.05) is 19.1 Å². The lowest BCUT2D eigenvalue weighted by atomic mass is 9.87. The van der Waals surface area contributed by atoms with Gasteiger partial charge in [0.1, 0.15) is 0 Å². The van der Waals surface area contributed by atoms with Gasteiger partial charge >= 0.3 is 0 Å². The van der Waals surface area contributed by atoms with Crippen LogP contribution < -0.4 is 15.4 Å². The maximum absolute atomic E-state index is 12.8. The van der Waals surface area contributed by atoms with Crippen LogP contribution in [0, 0.1) is 6.92 Å². The van der Waals surface area contributed by atoms with E-state index in [4.69, 9.17) is 0 Å². The van der Waals surface area contributed by atoms with Gasteiger partial charge in [0.15, 0.2) is 0 Å². The smallest absolute Gasteiger partial charge is 0.261 e. The van der Waals surface area contributed by atoms with Crippen LogP contribution in [0.1, 0.15) is 52.6 Å². The molecule has 0 fully saturated rings. The van der Waals surface area contributed by atoms with Crippen LogP contribution in [-0.2, 0) is 15.4 Å². The summed E-state index contributed by atoms with van der Waals surface area (Å²) in [4.78, 5) is 25.7. The van der Waals surface area contributed by atoms with Gasteiger partial charge < -0.3 is 10.6 Å². The summed E-state index contributed by atoms with van der Waals surface area (Å²) in [6.45, 7) is 8.23. The summed E-state index contributed by atoms with van der Waals surface area (Å²) >= 11 is 0. The van der Waals surface area contributed by atoms with Crippen LogP contribution in [0.3, 0.4) is 0 Å². The largest absolute Gasteiger partial charge is 0.322 e. The first-order valence-electron chi connectivity index (χ1n) is 12.4. The normalized spacial score (nSPS) is 11.5. The SMILES string of the molecule is Cc1ccc(S(=O)(=O)Nc2ccc(C(=O)Nc3cccc(NC(=O)c4ccc(C(C)(C)C)cc4)c3)cc2)cc1. The van der Waals surface area contributed by atoms with Crippen molar-refractivity contribution < 1.29 is 18.0 Å². The Morgan fingerprint density at radius 1 is 0.641 bits per heavy atom. The first-order chi connectivity index (χ1) is 18.4. The predicted octanol–water partition coefficient (Wildman–Crippen LogP) is 6.60. The van der Waals surface area contributed by atoms with Crippen molar-refractivity contribution in [2.24, 2.45) is 0 Å². The van der Waals surface area contributed by atoms with E-state index >= 15 is 0 Å². The molecule has 200 valence electrons. The zero-order chi connectivity index (χ0) is 28.2. The van der Waals surface area contributed by atoms with Gasteiger partial charge in [-0.25, -0.2) is 8.42 Å². The summed E-state index contributed by atoms with van der Waals surface area (Å²) in [7, 11) is -3.74. The molecule has 0 spiro atoms. The Morgan fingerprint density at radius 2 is 1.13 bits per heavy atom. The number of anilines is 3. The third-order valence-corrected chi connectivity index (χ3v) is 7.52. The fourth-order valence-corrected chi connectivity index (χ4v) is 4.88. The number of amides is 2. The zero-order valence-electron chi connectivity index (χ0n) is 22.3. The van der Waals surface area contributed by atoms with E-state index in [2.05, 4.69) is 36.1 Å². The highest BCUT2D eigenvalue weighted by molar-refractivity contribution is 7.92. The molecule has 0 saturated heterocycles. The van der Waals surface area contributed by atoms with Crippen LogP contribution in [0.5, 0.6) is 0 Å². The lowest BCUT2D eigenvalue weighted by Gasteiger charge is -2.19. The van der Waals surface area contributed by atoms with Crippen molar-refractivity contribution in [3.63, 3.8) is 0 Å². The van der Waals surface area contributed by atoms with E-state index in [1.54, 1.807) is 60.7 Å². The summed E-state index contributed by atoms with van der Waals surface area (Å²) in [5, 5.41) is 5.67. The average Bonchev–Trinajstić information content (AvgIpc) is 2.89. The molecule has 0 unspecified atom stereocenters. The number of carbonyl (C=O) groups excluding carboxylic acids is 2. The summed E-state index contributed by atoms with van der Waals surface area (Å²) in [5.41, 5.74) is 4.37. The van der Waals surface area contributed by atoms with Gasteiger partial charge in [-0.15, -0.1) is 0 Å². The first-order valence-corrected chi connectivity index (χ1v) is 13.9. The van der Waals surface area contributed by atoms with Gasteiger partial charge in [0.05, 0.1) is 4.90 Å². The molecule has 0 atom stereocenters. The van der Waals surface area contributed by atoms with E-state index in [0.717, 1.165) is 11.1 Å². The summed E-state index contributed by atoms with van der Waals surface area (Å²) < 4.78 is 27.7. The number of sulfonamides is 1. The molecule has 2 amide bonds. The van der Waals surface area contributed by atoms with Gasteiger partial charge in [0, 0.05) is 28.2 Å². The molecule has 4 aromatic carbocycles. The minimum Gasteiger partial charge on any atom is -0.322 e. The molecule has 0 aromatic heterocycles. The van der Waals surface area contributed by atoms with Gasteiger partial charge in [-0.1, -0.05) is 56.7 Å². The van der Waals surface area contributed by atoms with Crippen LogP contribution in [-0.4, -0.2) is 20.2 Å². The zero-order valence-corrected chi connectivity index (χ0v) is 23.1. The van der Waals surface area contributed by atoms with Crippen molar-refractivity contribution in [1.29, 1.82) is 0 Å². The van der Waals surface area contributed by atoms with Crippen LogP contribution in [0.15, 0.2) is 102 Å². The molecule has 8 heteroatoms. The molecule has 0 bridgehead atoms. The standard InChI is InChI=1S/C31H31N3O4S/c1-21-8-18-28(19-9-21)39(37,38)34-25-16-12-23(13-17-25)30(36)33-27-7-5-6-26(20-27)32-29(35)22-10-14-24(15-11-22)31(2,3)4/h5-20,34H,1-4H3,(H,32,35)(H,33,36). The van der Waals surface area contributed by atoms with Crippen molar-refractivity contribution >= 4 is 38.9 Å². The van der Waals surface area contributed by atoms with E-state index < -0.39 is 10.0 Å². The Labute approximate surface area is 229 Å². The lowest BCUT2D eigenvalue weighted by Crippen LogP contribution is -2.15. The third-order valence-electron chi connectivity index (χ3n) is 6.12. The van der Waals surface area contributed by atoms with E-state index in [0.29, 0.717) is 28.2 Å². The second-order valence-corrected chi connectivity index (χ2v) is 12.0. The number of rotatable bonds is 7. The van der Waals surface area contributed by atoms with Gasteiger partial charge in [-0.05, 0) is 84.6 Å². The van der Waals surface area contributed by atoms with Gasteiger partial charge in [-0.2, -0.15) is 0 Å². The summed E-state index contributed by atoms with van der Waals surface area (Å²) in [6.07, 6.45) is 0. The fraction of sp³-hybridized carbons (Fsp3) is 0.161. The number of nitrogens with one attached hydrogen (secondary N) is 3. The minimum absolute atomic E-state index is 0.00247. The lowest BCUT2D eigenvalue weighted by molar-refractivity contribution is 0.101. The Balaban J connectivity index is 1.38. The molecular weight excluding hydrogens is 510 g/mol. The molecule has 0 aliphatic rings. The van der Waals surface area contributed by atoms with Crippen LogP contribution >= 0.6 is 0 Å². The number of hydrogen-bond donors (Lipinski definition) is 3. The number of hydrogen-bond acceptors (Lipinski definition) is 4. The first kappa shape index (κ1) is 27.6. The molecule has 0 radical (unpaired) electrons. The van der Waals surface area contributed by atoms with Gasteiger partial charge in [0.2, 0.25) is 0 Å². The molecule has 4 aromatic rings. The molecular formula is C31H31N3O4S. The Morgan fingerprint density at radius 3 is 1.62 bits per heavy atom. The maximum atomic E-state index is 12.8. The van der Waals surface area contributed by atoms with Crippen LogP contribution in [0.25, 0.3) is 0 Å². The van der Waals surface area contributed by atoms with E-state index in [-0.39, 0.29) is 22.1 Å². The monoisotopic (exact) mass is 541 g/mol. The summed E-state index contributed by atoms with van der Waals surface area (Å²) in [6, 6.07) is 27.0. The molecule has 0 saturated carbocycles. The Kier molecular flexibility index (Phi) is 7.88. The third kappa shape index (κ3) is 7.12. The maximum Gasteiger partial charge on any atom is 0.261 e. The Bertz CT molecular complexity index is 1590. The summed E-state index contributed by atoms with van der Waals surface area (Å²) in [5.74, 6) is -0.619. The predicted molar refractivity (Wildman–Crippen MR) is 156 cm³/mol. The minimum atomic E-state index is -3.74. The van der Waals surface area contributed by atoms with E-state index in [9.17, 15) is 18.0 Å². The van der Waals surface area contributed by atoms with Crippen molar-refractivity contribution in [3.8, 4) is 0 Å². The molecule has 7 nitrogen and oxygen atoms in total. The molecule has 4 rings (SSSR count). The highest BCUT2D eigenvalue weighted by Crippen LogP contribution is 2.23. The quantitative estimate of drug-likeness (QED) is 0.245. The molecule has 39 heavy (non-hydrogen) atoms. The van der Waals surface area contributed by atoms with Crippen molar-refractivity contribution in [2.75, 3.05) is 15.4 Å². The number of aryl methyl sites for hydroxylation is 1.